The number of rotatable bonds is 7. The third kappa shape index (κ3) is 5.64. The molecule has 2 N–H and O–H groups in total. The number of carbonyl (C=O) groups is 1. The van der Waals surface area contributed by atoms with Crippen LogP contribution in [0.15, 0.2) is 78.9 Å². The van der Waals surface area contributed by atoms with Gasteiger partial charge in [-0.1, -0.05) is 49.4 Å². The van der Waals surface area contributed by atoms with E-state index in [0.717, 1.165) is 39.8 Å². The molecule has 4 nitrogen and oxygen atoms in total. The molecule has 0 saturated carbocycles. The third-order valence-corrected chi connectivity index (χ3v) is 4.90. The van der Waals surface area contributed by atoms with E-state index in [1.807, 2.05) is 48.5 Å². The monoisotopic (exact) mass is 414 g/mol. The van der Waals surface area contributed by atoms with Crippen LogP contribution in [0.3, 0.4) is 0 Å². The van der Waals surface area contributed by atoms with Gasteiger partial charge in [0.2, 0.25) is 0 Å². The minimum Gasteiger partial charge on any atom is -0.508 e. The molecule has 0 radical (unpaired) electrons. The zero-order valence-electron chi connectivity index (χ0n) is 17.7. The quantitative estimate of drug-likeness (QED) is 0.281. The predicted molar refractivity (Wildman–Crippen MR) is 125 cm³/mol. The van der Waals surface area contributed by atoms with Gasteiger partial charge in [0.15, 0.2) is 0 Å². The van der Waals surface area contributed by atoms with Crippen molar-refractivity contribution in [3.05, 3.63) is 101 Å². The lowest BCUT2D eigenvalue weighted by molar-refractivity contribution is -0.137. The van der Waals surface area contributed by atoms with Gasteiger partial charge in [0.25, 0.3) is 0 Å². The Morgan fingerprint density at radius 2 is 1.42 bits per heavy atom. The van der Waals surface area contributed by atoms with Crippen LogP contribution in [-0.2, 0) is 9.53 Å². The molecule has 0 aliphatic heterocycles. The van der Waals surface area contributed by atoms with Crippen molar-refractivity contribution in [3.8, 4) is 11.5 Å². The second-order valence-corrected chi connectivity index (χ2v) is 7.01. The van der Waals surface area contributed by atoms with Crippen LogP contribution in [0.5, 0.6) is 11.5 Å². The zero-order valence-corrected chi connectivity index (χ0v) is 17.7. The minimum atomic E-state index is -0.368. The summed E-state index contributed by atoms with van der Waals surface area (Å²) in [6, 6.07) is 22.2. The van der Waals surface area contributed by atoms with E-state index < -0.39 is 0 Å². The topological polar surface area (TPSA) is 66.8 Å². The van der Waals surface area contributed by atoms with Gasteiger partial charge in [-0.25, -0.2) is 4.79 Å². The van der Waals surface area contributed by atoms with Gasteiger partial charge >= 0.3 is 5.97 Å². The Morgan fingerprint density at radius 3 is 1.94 bits per heavy atom. The number of ether oxygens (including phenoxy) is 1. The third-order valence-electron chi connectivity index (χ3n) is 4.90. The molecule has 3 aromatic carbocycles. The second kappa shape index (κ2) is 10.3. The standard InChI is InChI=1S/C27H26O4/c1-3-25(22-7-5-6-19(18-22)8-17-26(30)31-4-2)27(20-9-13-23(28)14-10-20)21-11-15-24(29)16-12-21/h5-18,28-29H,3-4H2,1-2H3/b17-8+. The van der Waals surface area contributed by atoms with Crippen LogP contribution < -0.4 is 0 Å². The van der Waals surface area contributed by atoms with Crippen molar-refractivity contribution in [2.75, 3.05) is 6.61 Å². The van der Waals surface area contributed by atoms with Crippen molar-refractivity contribution in [1.82, 2.24) is 0 Å². The molecule has 0 spiro atoms. The number of aromatic hydroxyl groups is 2. The van der Waals surface area contributed by atoms with Gasteiger partial charge in [-0.2, -0.15) is 0 Å². The molecule has 0 aliphatic rings. The fraction of sp³-hybridized carbons (Fsp3) is 0.148. The van der Waals surface area contributed by atoms with E-state index in [1.54, 1.807) is 37.3 Å². The number of phenolic OH excluding ortho intramolecular Hbond substituents is 2. The van der Waals surface area contributed by atoms with E-state index in [4.69, 9.17) is 4.74 Å². The summed E-state index contributed by atoms with van der Waals surface area (Å²) in [5.41, 5.74) is 5.99. The largest absolute Gasteiger partial charge is 0.508 e. The van der Waals surface area contributed by atoms with E-state index in [0.29, 0.717) is 6.61 Å². The molecule has 158 valence electrons. The van der Waals surface area contributed by atoms with Crippen molar-refractivity contribution in [1.29, 1.82) is 0 Å². The SMILES string of the molecule is CCOC(=O)/C=C/c1cccc(C(CC)=C(c2ccc(O)cc2)c2ccc(O)cc2)c1. The molecule has 0 bridgehead atoms. The predicted octanol–water partition coefficient (Wildman–Crippen LogP) is 6.04. The first-order valence-electron chi connectivity index (χ1n) is 10.3. The number of esters is 1. The van der Waals surface area contributed by atoms with Crippen LogP contribution in [0, 0.1) is 0 Å². The molecule has 3 aromatic rings. The second-order valence-electron chi connectivity index (χ2n) is 7.01. The highest BCUT2D eigenvalue weighted by Crippen LogP contribution is 2.35. The smallest absolute Gasteiger partial charge is 0.330 e. The number of carbonyl (C=O) groups excluding carboxylic acids is 1. The molecule has 0 saturated heterocycles. The fourth-order valence-electron chi connectivity index (χ4n) is 3.48. The lowest BCUT2D eigenvalue weighted by Crippen LogP contribution is -1.98. The summed E-state index contributed by atoms with van der Waals surface area (Å²) in [4.78, 5) is 11.7. The first-order valence-corrected chi connectivity index (χ1v) is 10.3. The Bertz CT molecular complexity index is 1040. The number of phenols is 2. The number of hydrogen-bond acceptors (Lipinski definition) is 4. The van der Waals surface area contributed by atoms with Crippen LogP contribution in [0.25, 0.3) is 17.2 Å². The van der Waals surface area contributed by atoms with Gasteiger partial charge in [-0.05, 0) is 83.2 Å². The summed E-state index contributed by atoms with van der Waals surface area (Å²) >= 11 is 0. The number of hydrogen-bond donors (Lipinski definition) is 2. The average molecular weight is 415 g/mol. The fourth-order valence-corrected chi connectivity index (χ4v) is 3.48. The number of benzene rings is 3. The molecule has 0 heterocycles. The molecule has 0 aromatic heterocycles. The van der Waals surface area contributed by atoms with Gasteiger partial charge in [-0.15, -0.1) is 0 Å². The summed E-state index contributed by atoms with van der Waals surface area (Å²) in [5, 5.41) is 19.5. The van der Waals surface area contributed by atoms with Crippen LogP contribution in [0.4, 0.5) is 0 Å². The van der Waals surface area contributed by atoms with E-state index in [1.165, 1.54) is 6.08 Å². The molecule has 0 unspecified atom stereocenters. The molecular formula is C27H26O4. The summed E-state index contributed by atoms with van der Waals surface area (Å²) < 4.78 is 4.96. The van der Waals surface area contributed by atoms with Crippen molar-refractivity contribution < 1.29 is 19.7 Å². The minimum absolute atomic E-state index is 0.206. The molecule has 4 heteroatoms. The molecule has 0 atom stereocenters. The average Bonchev–Trinajstić information content (AvgIpc) is 2.78. The van der Waals surface area contributed by atoms with Gasteiger partial charge < -0.3 is 14.9 Å². The summed E-state index contributed by atoms with van der Waals surface area (Å²) in [6.07, 6.45) is 3.94. The van der Waals surface area contributed by atoms with Crippen molar-refractivity contribution in [3.63, 3.8) is 0 Å². The van der Waals surface area contributed by atoms with Crippen molar-refractivity contribution in [2.24, 2.45) is 0 Å². The first kappa shape index (κ1) is 21.9. The number of allylic oxidation sites excluding steroid dienone is 1. The zero-order chi connectivity index (χ0) is 22.2. The van der Waals surface area contributed by atoms with Crippen LogP contribution in [-0.4, -0.2) is 22.8 Å². The molecule has 31 heavy (non-hydrogen) atoms. The first-order chi connectivity index (χ1) is 15.0. The highest BCUT2D eigenvalue weighted by molar-refractivity contribution is 5.99. The maximum Gasteiger partial charge on any atom is 0.330 e. The summed E-state index contributed by atoms with van der Waals surface area (Å²) in [5.74, 6) is 0.0453. The lowest BCUT2D eigenvalue weighted by atomic mass is 9.87. The molecule has 0 fully saturated rings. The van der Waals surface area contributed by atoms with E-state index in [-0.39, 0.29) is 17.5 Å². The highest BCUT2D eigenvalue weighted by Gasteiger charge is 2.13. The van der Waals surface area contributed by atoms with Gasteiger partial charge in [0, 0.05) is 6.08 Å². The Labute approximate surface area is 182 Å². The molecular weight excluding hydrogens is 388 g/mol. The van der Waals surface area contributed by atoms with Crippen LogP contribution >= 0.6 is 0 Å². The van der Waals surface area contributed by atoms with Gasteiger partial charge in [0.05, 0.1) is 6.61 Å². The normalized spacial score (nSPS) is 10.8. The molecule has 3 rings (SSSR count). The van der Waals surface area contributed by atoms with E-state index in [9.17, 15) is 15.0 Å². The van der Waals surface area contributed by atoms with Crippen molar-refractivity contribution >= 4 is 23.2 Å². The van der Waals surface area contributed by atoms with Gasteiger partial charge in [-0.3, -0.25) is 0 Å². The Hall–Kier alpha value is -3.79. The Kier molecular flexibility index (Phi) is 7.28. The molecule has 0 aliphatic carbocycles. The van der Waals surface area contributed by atoms with E-state index >= 15 is 0 Å². The van der Waals surface area contributed by atoms with Crippen LogP contribution in [0.2, 0.25) is 0 Å². The van der Waals surface area contributed by atoms with Crippen LogP contribution in [0.1, 0.15) is 42.5 Å². The lowest BCUT2D eigenvalue weighted by Gasteiger charge is -2.17. The Morgan fingerprint density at radius 1 is 0.839 bits per heavy atom. The summed E-state index contributed by atoms with van der Waals surface area (Å²) in [7, 11) is 0. The molecule has 0 amide bonds. The maximum atomic E-state index is 11.7. The maximum absolute atomic E-state index is 11.7. The van der Waals surface area contributed by atoms with E-state index in [2.05, 4.69) is 6.92 Å². The summed E-state index contributed by atoms with van der Waals surface area (Å²) in [6.45, 7) is 4.21. The van der Waals surface area contributed by atoms with Gasteiger partial charge in [0.1, 0.15) is 11.5 Å². The van der Waals surface area contributed by atoms with Crippen molar-refractivity contribution in [2.45, 2.75) is 20.3 Å². The highest BCUT2D eigenvalue weighted by atomic mass is 16.5. The Balaban J connectivity index is 2.13.